The highest BCUT2D eigenvalue weighted by molar-refractivity contribution is 7.99. The number of aliphatic hydroxyl groups excluding tert-OH is 1. The smallest absolute Gasteiger partial charge is 0.0960 e. The van der Waals surface area contributed by atoms with Crippen LogP contribution in [0.15, 0.2) is 29.4 Å². The molecular weight excluding hydrogens is 294 g/mol. The molecule has 22 heavy (non-hydrogen) atoms. The maximum absolute atomic E-state index is 10.2. The van der Waals surface area contributed by atoms with Crippen LogP contribution in [0.1, 0.15) is 38.5 Å². The van der Waals surface area contributed by atoms with Gasteiger partial charge in [0.15, 0.2) is 0 Å². The Hall–Kier alpha value is -0.580. The van der Waals surface area contributed by atoms with E-state index in [1.165, 1.54) is 38.5 Å². The van der Waals surface area contributed by atoms with E-state index in [9.17, 15) is 5.11 Å². The van der Waals surface area contributed by atoms with E-state index in [2.05, 4.69) is 4.98 Å². The van der Waals surface area contributed by atoms with Gasteiger partial charge in [-0.2, -0.15) is 0 Å². The summed E-state index contributed by atoms with van der Waals surface area (Å²) in [6, 6.07) is 5.88. The van der Waals surface area contributed by atoms with E-state index in [-0.39, 0.29) is 5.60 Å². The zero-order valence-electron chi connectivity index (χ0n) is 13.0. The minimum absolute atomic E-state index is 0.103. The Morgan fingerprint density at radius 3 is 2.45 bits per heavy atom. The van der Waals surface area contributed by atoms with Crippen LogP contribution >= 0.6 is 11.8 Å². The van der Waals surface area contributed by atoms with Crippen molar-refractivity contribution in [3.63, 3.8) is 0 Å². The molecule has 5 rings (SSSR count). The van der Waals surface area contributed by atoms with E-state index in [0.717, 1.165) is 22.8 Å². The fraction of sp³-hybridized carbons (Fsp3) is 0.722. The molecule has 1 heterocycles. The highest BCUT2D eigenvalue weighted by atomic mass is 32.2. The molecule has 4 heteroatoms. The minimum Gasteiger partial charge on any atom is -0.390 e. The zero-order chi connectivity index (χ0) is 15.0. The van der Waals surface area contributed by atoms with Crippen LogP contribution in [-0.2, 0) is 4.74 Å². The molecule has 3 nitrogen and oxygen atoms in total. The molecule has 120 valence electrons. The second-order valence-electron chi connectivity index (χ2n) is 7.54. The van der Waals surface area contributed by atoms with Gasteiger partial charge in [-0.1, -0.05) is 6.07 Å². The Balaban J connectivity index is 1.27. The SMILES string of the molecule is OC(COC12CC3CC(CC(C3)C1)C2)CSc1ccccn1. The molecule has 0 spiro atoms. The number of ether oxygens (including phenoxy) is 1. The van der Waals surface area contributed by atoms with Gasteiger partial charge in [0, 0.05) is 11.9 Å². The van der Waals surface area contributed by atoms with E-state index >= 15 is 0 Å². The number of aliphatic hydroxyl groups is 1. The third-order valence-electron chi connectivity index (χ3n) is 5.63. The number of nitrogens with zero attached hydrogens (tertiary/aromatic N) is 1. The molecule has 4 saturated carbocycles. The van der Waals surface area contributed by atoms with E-state index < -0.39 is 6.10 Å². The predicted octanol–water partition coefficient (Wildman–Crippen LogP) is 3.52. The normalized spacial score (nSPS) is 37.4. The average molecular weight is 319 g/mol. The van der Waals surface area contributed by atoms with E-state index in [4.69, 9.17) is 4.74 Å². The van der Waals surface area contributed by atoms with Crippen LogP contribution in [0, 0.1) is 17.8 Å². The van der Waals surface area contributed by atoms with Gasteiger partial charge in [-0.05, 0) is 68.4 Å². The summed E-state index contributed by atoms with van der Waals surface area (Å²) >= 11 is 1.60. The van der Waals surface area contributed by atoms with Crippen LogP contribution in [0.5, 0.6) is 0 Å². The van der Waals surface area contributed by atoms with Gasteiger partial charge < -0.3 is 9.84 Å². The maximum Gasteiger partial charge on any atom is 0.0960 e. The quantitative estimate of drug-likeness (QED) is 0.815. The van der Waals surface area contributed by atoms with E-state index in [0.29, 0.717) is 12.4 Å². The molecule has 0 aliphatic heterocycles. The first kappa shape index (κ1) is 15.0. The monoisotopic (exact) mass is 319 g/mol. The summed E-state index contributed by atoms with van der Waals surface area (Å²) < 4.78 is 6.31. The highest BCUT2D eigenvalue weighted by Crippen LogP contribution is 2.57. The number of pyridine rings is 1. The highest BCUT2D eigenvalue weighted by Gasteiger charge is 2.51. The summed E-state index contributed by atoms with van der Waals surface area (Å²) in [5.41, 5.74) is 0.103. The number of hydrogen-bond acceptors (Lipinski definition) is 4. The molecule has 4 bridgehead atoms. The van der Waals surface area contributed by atoms with Crippen LogP contribution in [0.25, 0.3) is 0 Å². The van der Waals surface area contributed by atoms with Crippen LogP contribution in [0.4, 0.5) is 0 Å². The molecular formula is C18H25NO2S. The van der Waals surface area contributed by atoms with Crippen molar-refractivity contribution in [2.45, 2.75) is 55.3 Å². The van der Waals surface area contributed by atoms with Crippen LogP contribution in [-0.4, -0.2) is 34.2 Å². The van der Waals surface area contributed by atoms with Gasteiger partial charge in [-0.15, -0.1) is 11.8 Å². The third kappa shape index (κ3) is 3.19. The van der Waals surface area contributed by atoms with Crippen molar-refractivity contribution in [1.29, 1.82) is 0 Å². The summed E-state index contributed by atoms with van der Waals surface area (Å²) in [4.78, 5) is 4.28. The maximum atomic E-state index is 10.2. The molecule has 1 aromatic rings. The first-order chi connectivity index (χ1) is 10.7. The average Bonchev–Trinajstić information content (AvgIpc) is 2.51. The minimum atomic E-state index is -0.403. The van der Waals surface area contributed by atoms with Crippen LogP contribution in [0.2, 0.25) is 0 Å². The Labute approximate surface area is 136 Å². The first-order valence-electron chi connectivity index (χ1n) is 8.57. The molecule has 0 radical (unpaired) electrons. The van der Waals surface area contributed by atoms with E-state index in [1.54, 1.807) is 18.0 Å². The molecule has 1 aromatic heterocycles. The Bertz CT molecular complexity index is 472. The van der Waals surface area contributed by atoms with Gasteiger partial charge in [-0.25, -0.2) is 4.98 Å². The number of hydrogen-bond donors (Lipinski definition) is 1. The van der Waals surface area contributed by atoms with Gasteiger partial charge >= 0.3 is 0 Å². The second-order valence-corrected chi connectivity index (χ2v) is 8.58. The number of aromatic nitrogens is 1. The molecule has 0 saturated heterocycles. The van der Waals surface area contributed by atoms with E-state index in [1.807, 2.05) is 18.2 Å². The Morgan fingerprint density at radius 1 is 1.18 bits per heavy atom. The lowest BCUT2D eigenvalue weighted by Gasteiger charge is -2.56. The molecule has 1 N–H and O–H groups in total. The summed E-state index contributed by atoms with van der Waals surface area (Å²) in [5, 5.41) is 11.2. The van der Waals surface area contributed by atoms with Crippen molar-refractivity contribution in [2.75, 3.05) is 12.4 Å². The van der Waals surface area contributed by atoms with Crippen molar-refractivity contribution >= 4 is 11.8 Å². The van der Waals surface area contributed by atoms with Crippen LogP contribution in [0.3, 0.4) is 0 Å². The topological polar surface area (TPSA) is 42.4 Å². The zero-order valence-corrected chi connectivity index (χ0v) is 13.8. The molecule has 4 aliphatic carbocycles. The summed E-state index contributed by atoms with van der Waals surface area (Å²) in [7, 11) is 0. The summed E-state index contributed by atoms with van der Waals surface area (Å²) in [5.74, 6) is 3.34. The standard InChI is InChI=1S/C18H25NO2S/c20-16(12-22-17-3-1-2-4-19-17)11-21-18-8-13-5-14(9-18)7-15(6-13)10-18/h1-4,13-16,20H,5-12H2. The lowest BCUT2D eigenvalue weighted by Crippen LogP contribution is -2.52. The molecule has 4 aliphatic rings. The Morgan fingerprint density at radius 2 is 1.86 bits per heavy atom. The van der Waals surface area contributed by atoms with Gasteiger partial charge in [0.2, 0.25) is 0 Å². The summed E-state index contributed by atoms with van der Waals surface area (Å²) in [6.07, 6.45) is 9.39. The van der Waals surface area contributed by atoms with Crippen molar-refractivity contribution in [3.05, 3.63) is 24.4 Å². The fourth-order valence-corrected chi connectivity index (χ4v) is 5.91. The van der Waals surface area contributed by atoms with Crippen molar-refractivity contribution < 1.29 is 9.84 Å². The van der Waals surface area contributed by atoms with Gasteiger partial charge in [0.05, 0.1) is 23.3 Å². The van der Waals surface area contributed by atoms with Gasteiger partial charge in [-0.3, -0.25) is 0 Å². The second kappa shape index (κ2) is 6.14. The van der Waals surface area contributed by atoms with Crippen molar-refractivity contribution in [2.24, 2.45) is 17.8 Å². The van der Waals surface area contributed by atoms with Crippen LogP contribution < -0.4 is 0 Å². The molecule has 0 amide bonds. The van der Waals surface area contributed by atoms with Crippen molar-refractivity contribution in [1.82, 2.24) is 4.98 Å². The molecule has 1 atom stereocenters. The third-order valence-corrected chi connectivity index (χ3v) is 6.71. The lowest BCUT2D eigenvalue weighted by molar-refractivity contribution is -0.173. The van der Waals surface area contributed by atoms with Crippen molar-refractivity contribution in [3.8, 4) is 0 Å². The molecule has 1 unspecified atom stereocenters. The summed E-state index contributed by atoms with van der Waals surface area (Å²) in [6.45, 7) is 0.478. The predicted molar refractivity (Wildman–Crippen MR) is 87.8 cm³/mol. The Kier molecular flexibility index (Phi) is 4.18. The molecule has 4 fully saturated rings. The lowest BCUT2D eigenvalue weighted by atomic mass is 9.54. The van der Waals surface area contributed by atoms with Gasteiger partial charge in [0.25, 0.3) is 0 Å². The fourth-order valence-electron chi connectivity index (χ4n) is 5.14. The largest absolute Gasteiger partial charge is 0.390 e. The first-order valence-corrected chi connectivity index (χ1v) is 9.55. The number of thioether (sulfide) groups is 1. The number of rotatable bonds is 6. The van der Waals surface area contributed by atoms with Gasteiger partial charge in [0.1, 0.15) is 0 Å². The molecule has 0 aromatic carbocycles.